The Hall–Kier alpha value is -2.14. The molecular weight excluding hydrogens is 262 g/mol. The summed E-state index contributed by atoms with van der Waals surface area (Å²) in [7, 11) is 1.97. The fraction of sp³-hybridized carbons (Fsp3) is 0.375. The van der Waals surface area contributed by atoms with E-state index < -0.39 is 0 Å². The number of aromatic nitrogens is 4. The minimum Gasteiger partial charge on any atom is -0.340 e. The van der Waals surface area contributed by atoms with Gasteiger partial charge in [-0.25, -0.2) is 0 Å². The van der Waals surface area contributed by atoms with Crippen molar-refractivity contribution in [2.75, 3.05) is 0 Å². The van der Waals surface area contributed by atoms with Crippen molar-refractivity contribution in [3.63, 3.8) is 0 Å². The van der Waals surface area contributed by atoms with Gasteiger partial charge in [0.1, 0.15) is 6.33 Å². The summed E-state index contributed by atoms with van der Waals surface area (Å²) in [6.07, 6.45) is 3.86. The van der Waals surface area contributed by atoms with Crippen LogP contribution in [0.2, 0.25) is 0 Å². The molecule has 1 aromatic carbocycles. The van der Waals surface area contributed by atoms with Gasteiger partial charge >= 0.3 is 0 Å². The third-order valence-corrected chi connectivity index (χ3v) is 3.69. The second kappa shape index (κ2) is 5.69. The molecule has 0 bridgehead atoms. The monoisotopic (exact) mass is 283 g/mol. The van der Waals surface area contributed by atoms with Crippen LogP contribution in [0.1, 0.15) is 25.2 Å². The van der Waals surface area contributed by atoms with Crippen molar-refractivity contribution in [1.29, 1.82) is 0 Å². The molecule has 3 rings (SSSR count). The lowest BCUT2D eigenvalue weighted by molar-refractivity contribution is 0.589. The summed E-state index contributed by atoms with van der Waals surface area (Å²) in [5, 5.41) is 12.9. The van der Waals surface area contributed by atoms with Crippen molar-refractivity contribution >= 4 is 10.9 Å². The van der Waals surface area contributed by atoms with Crippen LogP contribution in [0.5, 0.6) is 0 Å². The molecule has 0 aliphatic carbocycles. The van der Waals surface area contributed by atoms with Crippen molar-refractivity contribution in [3.8, 4) is 0 Å². The fourth-order valence-electron chi connectivity index (χ4n) is 2.53. The smallest absolute Gasteiger partial charge is 0.152 e. The van der Waals surface area contributed by atoms with Crippen molar-refractivity contribution in [1.82, 2.24) is 24.6 Å². The highest BCUT2D eigenvalue weighted by Crippen LogP contribution is 2.21. The summed E-state index contributed by atoms with van der Waals surface area (Å²) in [4.78, 5) is 0. The maximum atomic E-state index is 4.18. The van der Waals surface area contributed by atoms with Gasteiger partial charge in [-0.1, -0.05) is 32.0 Å². The highest BCUT2D eigenvalue weighted by Gasteiger charge is 2.09. The number of fused-ring (bicyclic) bond motifs is 1. The van der Waals surface area contributed by atoms with Gasteiger partial charge in [0.2, 0.25) is 0 Å². The summed E-state index contributed by atoms with van der Waals surface area (Å²) >= 11 is 0. The maximum Gasteiger partial charge on any atom is 0.152 e. The van der Waals surface area contributed by atoms with Crippen molar-refractivity contribution in [3.05, 3.63) is 48.2 Å². The van der Waals surface area contributed by atoms with Crippen LogP contribution in [0, 0.1) is 0 Å². The second-order valence-corrected chi connectivity index (χ2v) is 5.69. The van der Waals surface area contributed by atoms with Crippen LogP contribution in [0.15, 0.2) is 36.8 Å². The molecule has 0 unspecified atom stereocenters. The molecule has 0 saturated carbocycles. The molecule has 0 atom stereocenters. The van der Waals surface area contributed by atoms with Crippen LogP contribution in [-0.2, 0) is 20.1 Å². The standard InChI is InChI=1S/C16H21N5/c1-12(2)17-9-14-6-4-5-13-7-8-21(16(13)14)10-15-19-18-11-20(15)3/h4-8,11-12,17H,9-10H2,1-3H3. The van der Waals surface area contributed by atoms with Crippen LogP contribution in [0.3, 0.4) is 0 Å². The molecule has 0 saturated heterocycles. The van der Waals surface area contributed by atoms with E-state index in [0.717, 1.165) is 18.9 Å². The van der Waals surface area contributed by atoms with E-state index in [4.69, 9.17) is 0 Å². The number of hydrogen-bond donors (Lipinski definition) is 1. The summed E-state index contributed by atoms with van der Waals surface area (Å²) in [5.41, 5.74) is 2.59. The lowest BCUT2D eigenvalue weighted by atomic mass is 10.1. The average Bonchev–Trinajstić information content (AvgIpc) is 3.05. The molecule has 0 aliphatic heterocycles. The van der Waals surface area contributed by atoms with Crippen LogP contribution in [-0.4, -0.2) is 25.4 Å². The summed E-state index contributed by atoms with van der Waals surface area (Å²) in [5.74, 6) is 0.958. The van der Waals surface area contributed by atoms with Crippen molar-refractivity contribution < 1.29 is 0 Å². The third kappa shape index (κ3) is 2.83. The minimum atomic E-state index is 0.474. The first-order chi connectivity index (χ1) is 10.1. The Bertz CT molecular complexity index is 738. The lowest BCUT2D eigenvalue weighted by Crippen LogP contribution is -2.22. The first kappa shape index (κ1) is 13.8. The minimum absolute atomic E-state index is 0.474. The first-order valence-electron chi connectivity index (χ1n) is 7.28. The van der Waals surface area contributed by atoms with E-state index >= 15 is 0 Å². The largest absolute Gasteiger partial charge is 0.340 e. The Morgan fingerprint density at radius 1 is 1.24 bits per heavy atom. The third-order valence-electron chi connectivity index (χ3n) is 3.69. The van der Waals surface area contributed by atoms with Crippen molar-refractivity contribution in [2.45, 2.75) is 33.0 Å². The summed E-state index contributed by atoms with van der Waals surface area (Å²) in [6.45, 7) is 5.94. The quantitative estimate of drug-likeness (QED) is 0.781. The molecule has 0 aliphatic rings. The molecule has 2 heterocycles. The van der Waals surface area contributed by atoms with Crippen LogP contribution < -0.4 is 5.32 Å². The number of rotatable bonds is 5. The first-order valence-corrected chi connectivity index (χ1v) is 7.28. The molecular formula is C16H21N5. The Morgan fingerprint density at radius 2 is 2.10 bits per heavy atom. The molecule has 21 heavy (non-hydrogen) atoms. The number of benzene rings is 1. The van der Waals surface area contributed by atoms with Gasteiger partial charge in [-0.2, -0.15) is 0 Å². The van der Waals surface area contributed by atoms with E-state index in [1.165, 1.54) is 16.5 Å². The number of hydrogen-bond acceptors (Lipinski definition) is 3. The van der Waals surface area contributed by atoms with E-state index in [9.17, 15) is 0 Å². The highest BCUT2D eigenvalue weighted by atomic mass is 15.3. The summed E-state index contributed by atoms with van der Waals surface area (Å²) < 4.78 is 4.21. The van der Waals surface area contributed by atoms with Gasteiger partial charge in [0.25, 0.3) is 0 Å². The SMILES string of the molecule is CC(C)NCc1cccc2ccn(Cc3nncn3C)c12. The van der Waals surface area contributed by atoms with Gasteiger partial charge in [0, 0.05) is 25.8 Å². The summed E-state index contributed by atoms with van der Waals surface area (Å²) in [6, 6.07) is 9.09. The zero-order valence-electron chi connectivity index (χ0n) is 12.7. The van der Waals surface area contributed by atoms with Gasteiger partial charge < -0.3 is 14.5 Å². The Kier molecular flexibility index (Phi) is 3.75. The zero-order valence-corrected chi connectivity index (χ0v) is 12.7. The van der Waals surface area contributed by atoms with E-state index in [1.54, 1.807) is 6.33 Å². The molecule has 1 N–H and O–H groups in total. The molecule has 2 aromatic heterocycles. The van der Waals surface area contributed by atoms with Crippen LogP contribution >= 0.6 is 0 Å². The second-order valence-electron chi connectivity index (χ2n) is 5.69. The van der Waals surface area contributed by atoms with E-state index in [2.05, 4.69) is 64.4 Å². The number of para-hydroxylation sites is 1. The zero-order chi connectivity index (χ0) is 14.8. The topological polar surface area (TPSA) is 47.7 Å². The average molecular weight is 283 g/mol. The fourth-order valence-corrected chi connectivity index (χ4v) is 2.53. The molecule has 110 valence electrons. The normalized spacial score (nSPS) is 11.6. The molecule has 0 amide bonds. The predicted molar refractivity (Wildman–Crippen MR) is 84.0 cm³/mol. The van der Waals surface area contributed by atoms with Gasteiger partial charge in [-0.3, -0.25) is 0 Å². The maximum absolute atomic E-state index is 4.18. The molecule has 5 nitrogen and oxygen atoms in total. The van der Waals surface area contributed by atoms with Gasteiger partial charge in [-0.05, 0) is 17.0 Å². The van der Waals surface area contributed by atoms with Crippen molar-refractivity contribution in [2.24, 2.45) is 7.05 Å². The number of nitrogens with one attached hydrogen (secondary N) is 1. The molecule has 0 spiro atoms. The van der Waals surface area contributed by atoms with E-state index in [1.807, 2.05) is 11.6 Å². The molecule has 3 aromatic rings. The molecule has 5 heteroatoms. The van der Waals surface area contributed by atoms with E-state index in [0.29, 0.717) is 6.04 Å². The lowest BCUT2D eigenvalue weighted by Gasteiger charge is -2.12. The van der Waals surface area contributed by atoms with Crippen LogP contribution in [0.25, 0.3) is 10.9 Å². The van der Waals surface area contributed by atoms with Gasteiger partial charge in [0.05, 0.1) is 12.1 Å². The number of nitrogens with zero attached hydrogens (tertiary/aromatic N) is 4. The number of aryl methyl sites for hydroxylation is 1. The molecule has 0 radical (unpaired) electrons. The Balaban J connectivity index is 1.97. The molecule has 0 fully saturated rings. The Morgan fingerprint density at radius 3 is 2.81 bits per heavy atom. The van der Waals surface area contributed by atoms with Gasteiger partial charge in [-0.15, -0.1) is 10.2 Å². The Labute approximate surface area is 124 Å². The predicted octanol–water partition coefficient (Wildman–Crippen LogP) is 2.32. The highest BCUT2D eigenvalue weighted by molar-refractivity contribution is 5.83. The van der Waals surface area contributed by atoms with Crippen LogP contribution in [0.4, 0.5) is 0 Å². The van der Waals surface area contributed by atoms with E-state index in [-0.39, 0.29) is 0 Å². The van der Waals surface area contributed by atoms with Gasteiger partial charge in [0.15, 0.2) is 5.82 Å².